The van der Waals surface area contributed by atoms with Crippen LogP contribution in [0.25, 0.3) is 0 Å². The van der Waals surface area contributed by atoms with Crippen LogP contribution in [-0.2, 0) is 10.0 Å². The summed E-state index contributed by atoms with van der Waals surface area (Å²) < 4.78 is 26.4. The highest BCUT2D eigenvalue weighted by molar-refractivity contribution is 7.89. The van der Waals surface area contributed by atoms with E-state index in [1.165, 1.54) is 16.4 Å². The summed E-state index contributed by atoms with van der Waals surface area (Å²) in [5.41, 5.74) is 6.42. The SMILES string of the molecule is Cc1cc(Cl)c(N)cc1S(=O)(=O)N(CCO)C(C)C. The highest BCUT2D eigenvalue weighted by atomic mass is 35.5. The number of sulfonamides is 1. The van der Waals surface area contributed by atoms with Crippen LogP contribution in [-0.4, -0.2) is 37.0 Å². The summed E-state index contributed by atoms with van der Waals surface area (Å²) in [6, 6.07) is 2.63. The van der Waals surface area contributed by atoms with E-state index in [-0.39, 0.29) is 29.8 Å². The summed E-state index contributed by atoms with van der Waals surface area (Å²) in [5, 5.41) is 9.34. The van der Waals surface area contributed by atoms with Crippen LogP contribution in [0.4, 0.5) is 5.69 Å². The average Bonchev–Trinajstić information content (AvgIpc) is 2.29. The molecule has 0 atom stereocenters. The summed E-state index contributed by atoms with van der Waals surface area (Å²) >= 11 is 5.87. The fourth-order valence-electron chi connectivity index (χ4n) is 1.83. The second-order valence-electron chi connectivity index (χ2n) is 4.57. The van der Waals surface area contributed by atoms with Gasteiger partial charge in [0.05, 0.1) is 22.2 Å². The Labute approximate surface area is 119 Å². The summed E-state index contributed by atoms with van der Waals surface area (Å²) in [4.78, 5) is 0.122. The molecule has 0 fully saturated rings. The van der Waals surface area contributed by atoms with Gasteiger partial charge in [-0.05, 0) is 38.5 Å². The lowest BCUT2D eigenvalue weighted by Crippen LogP contribution is -2.39. The Morgan fingerprint density at radius 2 is 2.00 bits per heavy atom. The molecule has 1 aromatic carbocycles. The standard InChI is InChI=1S/C12H19ClN2O3S/c1-8(2)15(4-5-16)19(17,18)12-7-11(14)10(13)6-9(12)3/h6-8,16H,4-5,14H2,1-3H3. The number of aryl methyl sites for hydroxylation is 1. The van der Waals surface area contributed by atoms with Crippen molar-refractivity contribution in [2.24, 2.45) is 0 Å². The highest BCUT2D eigenvalue weighted by Crippen LogP contribution is 2.28. The van der Waals surface area contributed by atoms with Gasteiger partial charge in [-0.2, -0.15) is 4.31 Å². The van der Waals surface area contributed by atoms with Gasteiger partial charge in [-0.15, -0.1) is 0 Å². The molecule has 5 nitrogen and oxygen atoms in total. The summed E-state index contributed by atoms with van der Waals surface area (Å²) in [5.74, 6) is 0. The first-order chi connectivity index (χ1) is 8.71. The zero-order valence-corrected chi connectivity index (χ0v) is 12.8. The van der Waals surface area contributed by atoms with E-state index in [9.17, 15) is 8.42 Å². The lowest BCUT2D eigenvalue weighted by molar-refractivity contribution is 0.236. The van der Waals surface area contributed by atoms with Crippen molar-refractivity contribution in [2.75, 3.05) is 18.9 Å². The van der Waals surface area contributed by atoms with Crippen molar-refractivity contribution in [3.8, 4) is 0 Å². The van der Waals surface area contributed by atoms with Crippen LogP contribution in [0, 0.1) is 6.92 Å². The third-order valence-corrected chi connectivity index (χ3v) is 5.32. The molecule has 19 heavy (non-hydrogen) atoms. The second-order valence-corrected chi connectivity index (χ2v) is 6.84. The molecule has 0 aliphatic heterocycles. The molecule has 7 heteroatoms. The van der Waals surface area contributed by atoms with Gasteiger partial charge >= 0.3 is 0 Å². The number of aliphatic hydroxyl groups excluding tert-OH is 1. The number of hydrogen-bond acceptors (Lipinski definition) is 4. The van der Waals surface area contributed by atoms with Gasteiger partial charge in [-0.1, -0.05) is 11.6 Å². The van der Waals surface area contributed by atoms with Gasteiger partial charge in [0.25, 0.3) is 0 Å². The third kappa shape index (κ3) is 3.39. The average molecular weight is 307 g/mol. The molecule has 1 rings (SSSR count). The molecule has 0 bridgehead atoms. The molecule has 0 aliphatic carbocycles. The van der Waals surface area contributed by atoms with E-state index in [1.807, 2.05) is 0 Å². The zero-order valence-electron chi connectivity index (χ0n) is 11.2. The molecular formula is C12H19ClN2O3S. The van der Waals surface area contributed by atoms with E-state index in [0.717, 1.165) is 0 Å². The Kier molecular flexibility index (Phi) is 5.20. The molecule has 1 aromatic rings. The molecule has 3 N–H and O–H groups in total. The number of hydrogen-bond donors (Lipinski definition) is 2. The molecule has 0 aliphatic rings. The number of nitrogens with zero attached hydrogens (tertiary/aromatic N) is 1. The van der Waals surface area contributed by atoms with Crippen molar-refractivity contribution < 1.29 is 13.5 Å². The smallest absolute Gasteiger partial charge is 0.243 e. The van der Waals surface area contributed by atoms with Gasteiger partial charge in [-0.25, -0.2) is 8.42 Å². The topological polar surface area (TPSA) is 83.6 Å². The predicted molar refractivity (Wildman–Crippen MR) is 76.7 cm³/mol. The monoisotopic (exact) mass is 306 g/mol. The first kappa shape index (κ1) is 16.2. The minimum absolute atomic E-state index is 0.0436. The zero-order chi connectivity index (χ0) is 14.8. The summed E-state index contributed by atoms with van der Waals surface area (Å²) in [6.45, 7) is 4.97. The van der Waals surface area contributed by atoms with Crippen LogP contribution in [0.5, 0.6) is 0 Å². The molecule has 0 radical (unpaired) electrons. The highest BCUT2D eigenvalue weighted by Gasteiger charge is 2.28. The molecule has 0 aromatic heterocycles. The molecule has 108 valence electrons. The van der Waals surface area contributed by atoms with Crippen molar-refractivity contribution in [3.05, 3.63) is 22.7 Å². The lowest BCUT2D eigenvalue weighted by atomic mass is 10.2. The van der Waals surface area contributed by atoms with Gasteiger partial charge in [-0.3, -0.25) is 0 Å². The number of aliphatic hydroxyl groups is 1. The third-order valence-electron chi connectivity index (χ3n) is 2.78. The van der Waals surface area contributed by atoms with Gasteiger partial charge in [0.1, 0.15) is 0 Å². The van der Waals surface area contributed by atoms with Crippen molar-refractivity contribution in [3.63, 3.8) is 0 Å². The van der Waals surface area contributed by atoms with Crippen molar-refractivity contribution in [1.29, 1.82) is 0 Å². The minimum atomic E-state index is -3.70. The summed E-state index contributed by atoms with van der Waals surface area (Å²) in [6.07, 6.45) is 0. The van der Waals surface area contributed by atoms with Crippen molar-refractivity contribution in [2.45, 2.75) is 31.7 Å². The quantitative estimate of drug-likeness (QED) is 0.810. The first-order valence-electron chi connectivity index (χ1n) is 5.90. The van der Waals surface area contributed by atoms with Gasteiger partial charge in [0.15, 0.2) is 0 Å². The molecule has 0 unspecified atom stereocenters. The fraction of sp³-hybridized carbons (Fsp3) is 0.500. The van der Waals surface area contributed by atoms with Crippen LogP contribution in [0.3, 0.4) is 0 Å². The van der Waals surface area contributed by atoms with Gasteiger partial charge in [0, 0.05) is 12.6 Å². The number of benzene rings is 1. The molecule has 0 spiro atoms. The normalized spacial score (nSPS) is 12.4. The number of rotatable bonds is 5. The molecule has 0 saturated carbocycles. The Morgan fingerprint density at radius 3 is 2.47 bits per heavy atom. The molecule has 0 saturated heterocycles. The molecule has 0 heterocycles. The minimum Gasteiger partial charge on any atom is -0.397 e. The van der Waals surface area contributed by atoms with E-state index in [0.29, 0.717) is 10.6 Å². The Hall–Kier alpha value is -0.820. The van der Waals surface area contributed by atoms with E-state index in [4.69, 9.17) is 22.4 Å². The van der Waals surface area contributed by atoms with E-state index in [1.54, 1.807) is 20.8 Å². The number of anilines is 1. The van der Waals surface area contributed by atoms with Crippen LogP contribution in [0.2, 0.25) is 5.02 Å². The number of nitrogens with two attached hydrogens (primary N) is 1. The number of halogens is 1. The van der Waals surface area contributed by atoms with Gasteiger partial charge < -0.3 is 10.8 Å². The van der Waals surface area contributed by atoms with Gasteiger partial charge in [0.2, 0.25) is 10.0 Å². The molecule has 0 amide bonds. The summed E-state index contributed by atoms with van der Waals surface area (Å²) in [7, 11) is -3.70. The Morgan fingerprint density at radius 1 is 1.42 bits per heavy atom. The maximum absolute atomic E-state index is 12.6. The van der Waals surface area contributed by atoms with Crippen molar-refractivity contribution in [1.82, 2.24) is 4.31 Å². The first-order valence-corrected chi connectivity index (χ1v) is 7.72. The number of nitrogen functional groups attached to an aromatic ring is 1. The van der Waals surface area contributed by atoms with Crippen LogP contribution in [0.15, 0.2) is 17.0 Å². The van der Waals surface area contributed by atoms with Crippen LogP contribution >= 0.6 is 11.6 Å². The largest absolute Gasteiger partial charge is 0.397 e. The van der Waals surface area contributed by atoms with E-state index >= 15 is 0 Å². The maximum atomic E-state index is 12.6. The predicted octanol–water partition coefficient (Wildman–Crippen LogP) is 1.62. The molecular weight excluding hydrogens is 288 g/mol. The van der Waals surface area contributed by atoms with Crippen LogP contribution < -0.4 is 5.73 Å². The van der Waals surface area contributed by atoms with E-state index < -0.39 is 10.0 Å². The lowest BCUT2D eigenvalue weighted by Gasteiger charge is -2.26. The Balaban J connectivity index is 3.37. The van der Waals surface area contributed by atoms with Crippen LogP contribution in [0.1, 0.15) is 19.4 Å². The maximum Gasteiger partial charge on any atom is 0.243 e. The fourth-order valence-corrected chi connectivity index (χ4v) is 3.92. The van der Waals surface area contributed by atoms with E-state index in [2.05, 4.69) is 0 Å². The Bertz CT molecular complexity index is 558. The van der Waals surface area contributed by atoms with Crippen molar-refractivity contribution >= 4 is 27.3 Å². The second kappa shape index (κ2) is 6.09.